The van der Waals surface area contributed by atoms with E-state index in [4.69, 9.17) is 11.6 Å². The third-order valence-electron chi connectivity index (χ3n) is 3.88. The van der Waals surface area contributed by atoms with Crippen molar-refractivity contribution >= 4 is 11.6 Å². The topological polar surface area (TPSA) is 12.0 Å². The molecule has 0 saturated carbocycles. The van der Waals surface area contributed by atoms with Crippen LogP contribution in [0.2, 0.25) is 5.02 Å². The summed E-state index contributed by atoms with van der Waals surface area (Å²) in [6.45, 7) is 2.23. The molecule has 0 fully saturated rings. The molecule has 2 rings (SSSR count). The third-order valence-corrected chi connectivity index (χ3v) is 4.11. The second-order valence-corrected chi connectivity index (χ2v) is 5.96. The van der Waals surface area contributed by atoms with E-state index >= 15 is 0 Å². The highest BCUT2D eigenvalue weighted by molar-refractivity contribution is 6.30. The van der Waals surface area contributed by atoms with Crippen LogP contribution in [0.3, 0.4) is 0 Å². The molecule has 0 aromatic heterocycles. The van der Waals surface area contributed by atoms with E-state index in [-0.39, 0.29) is 0 Å². The Morgan fingerprint density at radius 1 is 1.05 bits per heavy atom. The summed E-state index contributed by atoms with van der Waals surface area (Å²) in [5, 5.41) is 4.21. The maximum absolute atomic E-state index is 6.07. The van der Waals surface area contributed by atoms with E-state index in [0.717, 1.165) is 11.4 Å². The normalized spacial score (nSPS) is 12.3. The van der Waals surface area contributed by atoms with Crippen LogP contribution in [0, 0.1) is 0 Å². The molecule has 0 aliphatic heterocycles. The lowest BCUT2D eigenvalue weighted by molar-refractivity contribution is 0.592. The third kappa shape index (κ3) is 4.87. The summed E-state index contributed by atoms with van der Waals surface area (Å²) in [5.74, 6) is 0. The molecule has 0 bridgehead atoms. The molecule has 0 saturated heterocycles. The second kappa shape index (κ2) is 8.21. The number of halogens is 1. The number of unbranched alkanes of at least 4 members (excludes halogenated alkanes) is 1. The van der Waals surface area contributed by atoms with Crippen LogP contribution in [0.25, 0.3) is 0 Å². The van der Waals surface area contributed by atoms with Gasteiger partial charge in [0.2, 0.25) is 0 Å². The molecule has 0 heterocycles. The molecule has 112 valence electrons. The quantitative estimate of drug-likeness (QED) is 0.742. The van der Waals surface area contributed by atoms with Crippen molar-refractivity contribution in [2.45, 2.75) is 38.6 Å². The van der Waals surface area contributed by atoms with Crippen molar-refractivity contribution in [2.75, 3.05) is 7.05 Å². The van der Waals surface area contributed by atoms with Crippen molar-refractivity contribution in [3.8, 4) is 0 Å². The van der Waals surface area contributed by atoms with Crippen LogP contribution in [0.15, 0.2) is 48.5 Å². The Labute approximate surface area is 133 Å². The fraction of sp³-hybridized carbons (Fsp3) is 0.368. The van der Waals surface area contributed by atoms with Crippen molar-refractivity contribution in [1.82, 2.24) is 5.32 Å². The smallest absolute Gasteiger partial charge is 0.0408 e. The van der Waals surface area contributed by atoms with Crippen LogP contribution in [-0.4, -0.2) is 7.05 Å². The van der Waals surface area contributed by atoms with Gasteiger partial charge in [0.1, 0.15) is 0 Å². The number of hydrogen-bond donors (Lipinski definition) is 1. The average molecular weight is 302 g/mol. The summed E-state index contributed by atoms with van der Waals surface area (Å²) < 4.78 is 0. The van der Waals surface area contributed by atoms with Gasteiger partial charge in [-0.05, 0) is 55.1 Å². The van der Waals surface area contributed by atoms with E-state index in [1.54, 1.807) is 0 Å². The van der Waals surface area contributed by atoms with E-state index in [0.29, 0.717) is 6.04 Å². The lowest BCUT2D eigenvalue weighted by Crippen LogP contribution is -2.18. The molecule has 0 radical (unpaired) electrons. The molecule has 2 aromatic carbocycles. The van der Waals surface area contributed by atoms with Gasteiger partial charge in [0, 0.05) is 11.1 Å². The van der Waals surface area contributed by atoms with Crippen LogP contribution in [0.1, 0.15) is 42.5 Å². The van der Waals surface area contributed by atoms with Crippen molar-refractivity contribution < 1.29 is 0 Å². The fourth-order valence-electron chi connectivity index (χ4n) is 2.58. The molecule has 0 amide bonds. The molecule has 1 unspecified atom stereocenters. The standard InChI is InChI=1S/C19H24ClN/c1-3-4-6-15-9-11-17(12-10-15)19(21-2)14-16-7-5-8-18(20)13-16/h5,7-13,19,21H,3-4,6,14H2,1-2H3. The van der Waals surface area contributed by atoms with Gasteiger partial charge in [-0.3, -0.25) is 0 Å². The van der Waals surface area contributed by atoms with Crippen LogP contribution in [0.5, 0.6) is 0 Å². The molecule has 0 aliphatic carbocycles. The Bertz CT molecular complexity index is 548. The molecule has 0 aliphatic rings. The first kappa shape index (κ1) is 16.1. The summed E-state index contributed by atoms with van der Waals surface area (Å²) in [4.78, 5) is 0. The summed E-state index contributed by atoms with van der Waals surface area (Å²) in [5.41, 5.74) is 4.02. The maximum atomic E-state index is 6.07. The lowest BCUT2D eigenvalue weighted by atomic mass is 9.97. The van der Waals surface area contributed by atoms with Gasteiger partial charge in [-0.1, -0.05) is 61.3 Å². The first-order chi connectivity index (χ1) is 10.2. The number of likely N-dealkylation sites (N-methyl/N-ethyl adjacent to an activating group) is 1. The molecule has 1 atom stereocenters. The van der Waals surface area contributed by atoms with Gasteiger partial charge in [-0.2, -0.15) is 0 Å². The molecule has 21 heavy (non-hydrogen) atoms. The number of benzene rings is 2. The zero-order chi connectivity index (χ0) is 15.1. The number of nitrogens with one attached hydrogen (secondary N) is 1. The average Bonchev–Trinajstić information content (AvgIpc) is 2.51. The van der Waals surface area contributed by atoms with E-state index < -0.39 is 0 Å². The molecule has 2 aromatic rings. The van der Waals surface area contributed by atoms with Gasteiger partial charge >= 0.3 is 0 Å². The van der Waals surface area contributed by atoms with E-state index in [2.05, 4.69) is 42.6 Å². The molecular formula is C19H24ClN. The summed E-state index contributed by atoms with van der Waals surface area (Å²) >= 11 is 6.07. The lowest BCUT2D eigenvalue weighted by Gasteiger charge is -2.17. The van der Waals surface area contributed by atoms with Crippen molar-refractivity contribution in [3.05, 3.63) is 70.2 Å². The summed E-state index contributed by atoms with van der Waals surface area (Å²) in [6, 6.07) is 17.4. The largest absolute Gasteiger partial charge is 0.313 e. The Morgan fingerprint density at radius 2 is 1.81 bits per heavy atom. The van der Waals surface area contributed by atoms with Gasteiger partial charge < -0.3 is 5.32 Å². The minimum atomic E-state index is 0.323. The maximum Gasteiger partial charge on any atom is 0.0408 e. The van der Waals surface area contributed by atoms with Gasteiger partial charge in [-0.25, -0.2) is 0 Å². The van der Waals surface area contributed by atoms with Crippen molar-refractivity contribution in [2.24, 2.45) is 0 Å². The monoisotopic (exact) mass is 301 g/mol. The highest BCUT2D eigenvalue weighted by atomic mass is 35.5. The van der Waals surface area contributed by atoms with Gasteiger partial charge in [0.15, 0.2) is 0 Å². The second-order valence-electron chi connectivity index (χ2n) is 5.52. The number of rotatable bonds is 7. The minimum Gasteiger partial charge on any atom is -0.313 e. The SMILES string of the molecule is CCCCc1ccc(C(Cc2cccc(Cl)c2)NC)cc1. The van der Waals surface area contributed by atoms with E-state index in [1.165, 1.54) is 36.0 Å². The Balaban J connectivity index is 2.06. The van der Waals surface area contributed by atoms with E-state index in [1.807, 2.05) is 25.2 Å². The van der Waals surface area contributed by atoms with Gasteiger partial charge in [0.25, 0.3) is 0 Å². The first-order valence-electron chi connectivity index (χ1n) is 7.73. The van der Waals surface area contributed by atoms with Gasteiger partial charge in [-0.15, -0.1) is 0 Å². The Hall–Kier alpha value is -1.31. The molecule has 2 heteroatoms. The fourth-order valence-corrected chi connectivity index (χ4v) is 2.80. The predicted molar refractivity (Wildman–Crippen MR) is 92.0 cm³/mol. The minimum absolute atomic E-state index is 0.323. The zero-order valence-electron chi connectivity index (χ0n) is 12.9. The van der Waals surface area contributed by atoms with E-state index in [9.17, 15) is 0 Å². The van der Waals surface area contributed by atoms with Crippen LogP contribution in [0.4, 0.5) is 0 Å². The Kier molecular flexibility index (Phi) is 6.28. The molecular weight excluding hydrogens is 278 g/mol. The van der Waals surface area contributed by atoms with Gasteiger partial charge in [0.05, 0.1) is 0 Å². The highest BCUT2D eigenvalue weighted by Crippen LogP contribution is 2.21. The highest BCUT2D eigenvalue weighted by Gasteiger charge is 2.10. The molecule has 0 spiro atoms. The Morgan fingerprint density at radius 3 is 2.43 bits per heavy atom. The van der Waals surface area contributed by atoms with Crippen LogP contribution >= 0.6 is 11.6 Å². The first-order valence-corrected chi connectivity index (χ1v) is 8.11. The number of hydrogen-bond acceptors (Lipinski definition) is 1. The van der Waals surface area contributed by atoms with Crippen molar-refractivity contribution in [3.63, 3.8) is 0 Å². The predicted octanol–water partition coefficient (Wildman–Crippen LogP) is 5.19. The van der Waals surface area contributed by atoms with Crippen LogP contribution < -0.4 is 5.32 Å². The molecule has 1 N–H and O–H groups in total. The molecule has 1 nitrogen and oxygen atoms in total. The van der Waals surface area contributed by atoms with Crippen LogP contribution in [-0.2, 0) is 12.8 Å². The summed E-state index contributed by atoms with van der Waals surface area (Å²) in [6.07, 6.45) is 4.63. The summed E-state index contributed by atoms with van der Waals surface area (Å²) in [7, 11) is 2.01. The van der Waals surface area contributed by atoms with Crippen molar-refractivity contribution in [1.29, 1.82) is 0 Å². The zero-order valence-corrected chi connectivity index (χ0v) is 13.7. The number of aryl methyl sites for hydroxylation is 1.